The highest BCUT2D eigenvalue weighted by molar-refractivity contribution is 5.87. The van der Waals surface area contributed by atoms with Crippen LogP contribution in [0.4, 0.5) is 13.2 Å². The number of aliphatic hydroxyl groups is 1. The van der Waals surface area contributed by atoms with E-state index in [4.69, 9.17) is 5.11 Å². The minimum absolute atomic E-state index is 0.00410. The third kappa shape index (κ3) is 5.06. The van der Waals surface area contributed by atoms with Crippen molar-refractivity contribution in [3.63, 3.8) is 0 Å². The Kier molecular flexibility index (Phi) is 6.39. The summed E-state index contributed by atoms with van der Waals surface area (Å²) in [5.74, 6) is -1.02. The number of benzene rings is 2. The standard InChI is InChI=1S/C19H20F3NO3/c1-12(10-13-6-8-14(9-7-13)18(25)26)23-17(11-24)15-4-2-3-5-16(15)19(20,21)22/h2-9,12,17,23-24H,10-11H2,1H3,(H,25,26). The zero-order valence-electron chi connectivity index (χ0n) is 14.1. The number of rotatable bonds is 7. The monoisotopic (exact) mass is 367 g/mol. The average molecular weight is 367 g/mol. The molecule has 3 N–H and O–H groups in total. The van der Waals surface area contributed by atoms with E-state index < -0.39 is 30.4 Å². The third-order valence-corrected chi connectivity index (χ3v) is 4.05. The second-order valence-electron chi connectivity index (χ2n) is 6.09. The average Bonchev–Trinajstić information content (AvgIpc) is 2.59. The van der Waals surface area contributed by atoms with Gasteiger partial charge in [-0.3, -0.25) is 0 Å². The molecule has 2 aromatic carbocycles. The van der Waals surface area contributed by atoms with E-state index in [1.807, 2.05) is 0 Å². The minimum Gasteiger partial charge on any atom is -0.478 e. The van der Waals surface area contributed by atoms with Gasteiger partial charge in [-0.25, -0.2) is 4.79 Å². The molecule has 0 aliphatic carbocycles. The molecule has 0 heterocycles. The highest BCUT2D eigenvalue weighted by Crippen LogP contribution is 2.34. The molecule has 0 bridgehead atoms. The molecule has 2 unspecified atom stereocenters. The molecular formula is C19H20F3NO3. The van der Waals surface area contributed by atoms with Gasteiger partial charge in [0.1, 0.15) is 0 Å². The van der Waals surface area contributed by atoms with Gasteiger partial charge in [-0.15, -0.1) is 0 Å². The Labute approximate surface area is 149 Å². The Morgan fingerprint density at radius 2 is 1.73 bits per heavy atom. The van der Waals surface area contributed by atoms with Crippen LogP contribution in [-0.2, 0) is 12.6 Å². The SMILES string of the molecule is CC(Cc1ccc(C(=O)O)cc1)NC(CO)c1ccccc1C(F)(F)F. The fraction of sp³-hybridized carbons (Fsp3) is 0.316. The third-order valence-electron chi connectivity index (χ3n) is 4.05. The number of carboxylic acids is 1. The summed E-state index contributed by atoms with van der Waals surface area (Å²) in [6.45, 7) is 1.32. The van der Waals surface area contributed by atoms with Crippen LogP contribution in [-0.4, -0.2) is 28.8 Å². The lowest BCUT2D eigenvalue weighted by Gasteiger charge is -2.25. The number of carboxylic acid groups (broad SMARTS) is 1. The Balaban J connectivity index is 2.11. The molecule has 140 valence electrons. The maximum Gasteiger partial charge on any atom is 0.416 e. The molecule has 0 fully saturated rings. The fourth-order valence-electron chi connectivity index (χ4n) is 2.84. The quantitative estimate of drug-likeness (QED) is 0.699. The van der Waals surface area contributed by atoms with Gasteiger partial charge in [-0.05, 0) is 42.7 Å². The summed E-state index contributed by atoms with van der Waals surface area (Å²) >= 11 is 0. The van der Waals surface area contributed by atoms with Gasteiger partial charge in [0.05, 0.1) is 23.8 Å². The van der Waals surface area contributed by atoms with Crippen LogP contribution in [0.3, 0.4) is 0 Å². The van der Waals surface area contributed by atoms with Crippen LogP contribution in [0.25, 0.3) is 0 Å². The molecule has 0 aliphatic heterocycles. The summed E-state index contributed by atoms with van der Waals surface area (Å²) in [4.78, 5) is 10.9. The van der Waals surface area contributed by atoms with Crippen LogP contribution in [0.15, 0.2) is 48.5 Å². The first-order valence-corrected chi connectivity index (χ1v) is 8.07. The van der Waals surface area contributed by atoms with E-state index >= 15 is 0 Å². The summed E-state index contributed by atoms with van der Waals surface area (Å²) < 4.78 is 39.5. The largest absolute Gasteiger partial charge is 0.478 e. The van der Waals surface area contributed by atoms with Crippen molar-refractivity contribution in [2.75, 3.05) is 6.61 Å². The van der Waals surface area contributed by atoms with Crippen LogP contribution < -0.4 is 5.32 Å². The van der Waals surface area contributed by atoms with Crippen molar-refractivity contribution in [2.24, 2.45) is 0 Å². The van der Waals surface area contributed by atoms with Gasteiger partial charge in [0, 0.05) is 6.04 Å². The second-order valence-corrected chi connectivity index (χ2v) is 6.09. The van der Waals surface area contributed by atoms with Crippen molar-refractivity contribution >= 4 is 5.97 Å². The molecule has 7 heteroatoms. The number of aromatic carboxylic acids is 1. The van der Waals surface area contributed by atoms with Crippen LogP contribution in [0.1, 0.15) is 40.0 Å². The Morgan fingerprint density at radius 1 is 1.12 bits per heavy atom. The maximum atomic E-state index is 13.2. The van der Waals surface area contributed by atoms with Gasteiger partial charge in [-0.1, -0.05) is 30.3 Å². The van der Waals surface area contributed by atoms with E-state index in [0.29, 0.717) is 6.42 Å². The van der Waals surface area contributed by atoms with Crippen molar-refractivity contribution < 1.29 is 28.2 Å². The van der Waals surface area contributed by atoms with Crippen LogP contribution in [0.5, 0.6) is 0 Å². The highest BCUT2D eigenvalue weighted by Gasteiger charge is 2.35. The Hall–Kier alpha value is -2.38. The van der Waals surface area contributed by atoms with Crippen molar-refractivity contribution in [3.05, 3.63) is 70.8 Å². The van der Waals surface area contributed by atoms with Gasteiger partial charge in [0.2, 0.25) is 0 Å². The van der Waals surface area contributed by atoms with Gasteiger partial charge < -0.3 is 15.5 Å². The van der Waals surface area contributed by atoms with E-state index in [1.165, 1.54) is 30.3 Å². The van der Waals surface area contributed by atoms with Crippen LogP contribution in [0.2, 0.25) is 0 Å². The molecule has 2 aromatic rings. The first kappa shape index (κ1) is 19.9. The van der Waals surface area contributed by atoms with Crippen molar-refractivity contribution in [3.8, 4) is 0 Å². The van der Waals surface area contributed by atoms with Gasteiger partial charge >= 0.3 is 12.1 Å². The van der Waals surface area contributed by atoms with E-state index in [1.54, 1.807) is 19.1 Å². The zero-order chi connectivity index (χ0) is 19.3. The van der Waals surface area contributed by atoms with Crippen molar-refractivity contribution in [1.82, 2.24) is 5.32 Å². The molecule has 2 rings (SSSR count). The van der Waals surface area contributed by atoms with E-state index in [0.717, 1.165) is 11.6 Å². The molecule has 0 saturated carbocycles. The maximum absolute atomic E-state index is 13.2. The molecular weight excluding hydrogens is 347 g/mol. The minimum atomic E-state index is -4.50. The molecule has 4 nitrogen and oxygen atoms in total. The molecule has 0 spiro atoms. The first-order chi connectivity index (χ1) is 12.2. The summed E-state index contributed by atoms with van der Waals surface area (Å²) in [6, 6.07) is 10.4. The molecule has 0 aliphatic rings. The highest BCUT2D eigenvalue weighted by atomic mass is 19.4. The number of carbonyl (C=O) groups is 1. The topological polar surface area (TPSA) is 69.6 Å². The second kappa shape index (κ2) is 8.33. The molecule has 0 aromatic heterocycles. The molecule has 0 saturated heterocycles. The van der Waals surface area contributed by atoms with E-state index in [9.17, 15) is 23.1 Å². The zero-order valence-corrected chi connectivity index (χ0v) is 14.1. The number of aliphatic hydroxyl groups excluding tert-OH is 1. The molecule has 2 atom stereocenters. The normalized spacial score (nSPS) is 14.0. The summed E-state index contributed by atoms with van der Waals surface area (Å²) in [5.41, 5.74) is 0.234. The fourth-order valence-corrected chi connectivity index (χ4v) is 2.84. The number of nitrogens with one attached hydrogen (secondary N) is 1. The molecule has 0 radical (unpaired) electrons. The van der Waals surface area contributed by atoms with Gasteiger partial charge in [-0.2, -0.15) is 13.2 Å². The Bertz CT molecular complexity index is 744. The number of hydrogen-bond donors (Lipinski definition) is 3. The van der Waals surface area contributed by atoms with Crippen LogP contribution >= 0.6 is 0 Å². The summed E-state index contributed by atoms with van der Waals surface area (Å²) in [7, 11) is 0. The number of hydrogen-bond acceptors (Lipinski definition) is 3. The van der Waals surface area contributed by atoms with Gasteiger partial charge in [0.25, 0.3) is 0 Å². The lowest BCUT2D eigenvalue weighted by atomic mass is 9.98. The number of alkyl halides is 3. The van der Waals surface area contributed by atoms with E-state index in [-0.39, 0.29) is 17.2 Å². The summed E-state index contributed by atoms with van der Waals surface area (Å²) in [5, 5.41) is 21.5. The predicted octanol–water partition coefficient (Wildman–Crippen LogP) is 3.66. The Morgan fingerprint density at radius 3 is 2.27 bits per heavy atom. The van der Waals surface area contributed by atoms with Crippen LogP contribution in [0, 0.1) is 0 Å². The number of halogens is 3. The summed E-state index contributed by atoms with van der Waals surface area (Å²) in [6.07, 6.45) is -4.02. The van der Waals surface area contributed by atoms with Crippen molar-refractivity contribution in [2.45, 2.75) is 31.6 Å². The van der Waals surface area contributed by atoms with E-state index in [2.05, 4.69) is 5.32 Å². The predicted molar refractivity (Wildman–Crippen MR) is 91.0 cm³/mol. The smallest absolute Gasteiger partial charge is 0.416 e. The molecule has 26 heavy (non-hydrogen) atoms. The molecule has 0 amide bonds. The van der Waals surface area contributed by atoms with Gasteiger partial charge in [0.15, 0.2) is 0 Å². The van der Waals surface area contributed by atoms with Crippen molar-refractivity contribution in [1.29, 1.82) is 0 Å². The lowest BCUT2D eigenvalue weighted by molar-refractivity contribution is -0.138. The lowest BCUT2D eigenvalue weighted by Crippen LogP contribution is -2.35. The first-order valence-electron chi connectivity index (χ1n) is 8.07.